The molecule has 104 valence electrons. The summed E-state index contributed by atoms with van der Waals surface area (Å²) in [5, 5.41) is 3.56. The van der Waals surface area contributed by atoms with Gasteiger partial charge in [0.25, 0.3) is 0 Å². The van der Waals surface area contributed by atoms with E-state index < -0.39 is 0 Å². The Bertz CT molecular complexity index is 281. The Kier molecular flexibility index (Phi) is 3.44. The summed E-state index contributed by atoms with van der Waals surface area (Å²) < 4.78 is 0. The lowest BCUT2D eigenvalue weighted by molar-refractivity contribution is 0.150. The quantitative estimate of drug-likeness (QED) is 0.810. The first-order chi connectivity index (χ1) is 8.57. The normalized spacial score (nSPS) is 37.7. The molecule has 3 rings (SSSR count). The molecule has 1 aliphatic carbocycles. The second kappa shape index (κ2) is 4.79. The van der Waals surface area contributed by atoms with Crippen LogP contribution >= 0.6 is 0 Å². The first-order valence-electron chi connectivity index (χ1n) is 8.00. The van der Waals surface area contributed by atoms with E-state index in [4.69, 9.17) is 0 Å². The number of likely N-dealkylation sites (tertiary alicyclic amines) is 1. The summed E-state index contributed by atoms with van der Waals surface area (Å²) in [5.74, 6) is 0.988. The largest absolute Gasteiger partial charge is 0.316 e. The Balaban J connectivity index is 1.47. The number of nitrogens with one attached hydrogen (secondary N) is 1. The molecular formula is C16H30N2. The molecule has 2 heteroatoms. The first-order valence-corrected chi connectivity index (χ1v) is 8.00. The van der Waals surface area contributed by atoms with Gasteiger partial charge in [-0.2, -0.15) is 0 Å². The number of hydrogen-bond donors (Lipinski definition) is 1. The monoisotopic (exact) mass is 250 g/mol. The summed E-state index contributed by atoms with van der Waals surface area (Å²) in [6, 6.07) is 0. The van der Waals surface area contributed by atoms with Gasteiger partial charge in [0.05, 0.1) is 0 Å². The van der Waals surface area contributed by atoms with E-state index in [9.17, 15) is 0 Å². The molecule has 0 radical (unpaired) electrons. The van der Waals surface area contributed by atoms with E-state index in [2.05, 4.69) is 24.1 Å². The molecule has 0 amide bonds. The minimum atomic E-state index is 0.623. The standard InChI is InChI=1S/C16H30N2/c1-15(2)5-3-14(4-6-15)11-18-10-8-16(13-18)7-9-17-12-16/h14,17H,3-13H2,1-2H3. The summed E-state index contributed by atoms with van der Waals surface area (Å²) in [5.41, 5.74) is 1.28. The number of hydrogen-bond acceptors (Lipinski definition) is 2. The highest BCUT2D eigenvalue weighted by molar-refractivity contribution is 4.96. The van der Waals surface area contributed by atoms with Crippen molar-refractivity contribution < 1.29 is 0 Å². The van der Waals surface area contributed by atoms with Crippen molar-refractivity contribution >= 4 is 0 Å². The van der Waals surface area contributed by atoms with Crippen molar-refractivity contribution in [3.63, 3.8) is 0 Å². The van der Waals surface area contributed by atoms with Gasteiger partial charge in [-0.05, 0) is 68.4 Å². The van der Waals surface area contributed by atoms with Gasteiger partial charge >= 0.3 is 0 Å². The average Bonchev–Trinajstić information content (AvgIpc) is 2.93. The lowest BCUT2D eigenvalue weighted by atomic mass is 9.73. The van der Waals surface area contributed by atoms with Crippen molar-refractivity contribution in [3.05, 3.63) is 0 Å². The van der Waals surface area contributed by atoms with Crippen molar-refractivity contribution in [3.8, 4) is 0 Å². The molecule has 0 aromatic rings. The molecule has 1 unspecified atom stereocenters. The van der Waals surface area contributed by atoms with Crippen LogP contribution in [0.25, 0.3) is 0 Å². The minimum Gasteiger partial charge on any atom is -0.316 e. The van der Waals surface area contributed by atoms with E-state index in [-0.39, 0.29) is 0 Å². The molecule has 2 saturated heterocycles. The molecule has 1 spiro atoms. The van der Waals surface area contributed by atoms with Crippen LogP contribution in [-0.4, -0.2) is 37.6 Å². The van der Waals surface area contributed by atoms with Crippen molar-refractivity contribution in [2.45, 2.75) is 52.4 Å². The smallest absolute Gasteiger partial charge is 0.00512 e. The number of nitrogens with zero attached hydrogens (tertiary/aromatic N) is 1. The molecule has 2 aliphatic heterocycles. The molecule has 3 fully saturated rings. The van der Waals surface area contributed by atoms with Gasteiger partial charge in [0.2, 0.25) is 0 Å². The second-order valence-electron chi connectivity index (χ2n) is 8.02. The molecule has 0 aromatic heterocycles. The molecule has 3 aliphatic rings. The maximum Gasteiger partial charge on any atom is 0.00512 e. The van der Waals surface area contributed by atoms with Crippen molar-refractivity contribution in [1.82, 2.24) is 10.2 Å². The molecule has 2 heterocycles. The summed E-state index contributed by atoms with van der Waals surface area (Å²) in [7, 11) is 0. The number of rotatable bonds is 2. The van der Waals surface area contributed by atoms with Crippen LogP contribution in [-0.2, 0) is 0 Å². The van der Waals surface area contributed by atoms with Gasteiger partial charge in [0, 0.05) is 19.6 Å². The van der Waals surface area contributed by atoms with E-state index in [1.165, 1.54) is 71.2 Å². The summed E-state index contributed by atoms with van der Waals surface area (Å²) in [6.07, 6.45) is 8.68. The topological polar surface area (TPSA) is 15.3 Å². The lowest BCUT2D eigenvalue weighted by Crippen LogP contribution is -2.34. The SMILES string of the molecule is CC1(C)CCC(CN2CCC3(CCNC3)C2)CC1. The van der Waals surface area contributed by atoms with E-state index in [1.807, 2.05) is 0 Å². The van der Waals surface area contributed by atoms with Gasteiger partial charge in [-0.1, -0.05) is 13.8 Å². The fourth-order valence-corrected chi connectivity index (χ4v) is 4.33. The van der Waals surface area contributed by atoms with Crippen LogP contribution < -0.4 is 5.32 Å². The highest BCUT2D eigenvalue weighted by atomic mass is 15.2. The Hall–Kier alpha value is -0.0800. The maximum absolute atomic E-state index is 3.56. The zero-order valence-electron chi connectivity index (χ0n) is 12.3. The molecule has 0 aromatic carbocycles. The van der Waals surface area contributed by atoms with E-state index in [1.54, 1.807) is 0 Å². The van der Waals surface area contributed by atoms with Gasteiger partial charge < -0.3 is 10.2 Å². The molecular weight excluding hydrogens is 220 g/mol. The second-order valence-corrected chi connectivity index (χ2v) is 8.02. The van der Waals surface area contributed by atoms with Gasteiger partial charge in [-0.25, -0.2) is 0 Å². The van der Waals surface area contributed by atoms with Gasteiger partial charge in [-0.3, -0.25) is 0 Å². The third-order valence-corrected chi connectivity index (χ3v) is 5.82. The fraction of sp³-hybridized carbons (Fsp3) is 1.00. The average molecular weight is 250 g/mol. The van der Waals surface area contributed by atoms with Crippen LogP contribution in [0.3, 0.4) is 0 Å². The predicted molar refractivity (Wildman–Crippen MR) is 76.7 cm³/mol. The Morgan fingerprint density at radius 1 is 1.11 bits per heavy atom. The predicted octanol–water partition coefficient (Wildman–Crippen LogP) is 2.89. The van der Waals surface area contributed by atoms with E-state index in [0.717, 1.165) is 5.92 Å². The van der Waals surface area contributed by atoms with Crippen molar-refractivity contribution in [2.75, 3.05) is 32.7 Å². The van der Waals surface area contributed by atoms with Crippen molar-refractivity contribution in [2.24, 2.45) is 16.7 Å². The molecule has 18 heavy (non-hydrogen) atoms. The summed E-state index contributed by atoms with van der Waals surface area (Å²) >= 11 is 0. The van der Waals surface area contributed by atoms with Crippen LogP contribution in [0.4, 0.5) is 0 Å². The zero-order chi connectivity index (χ0) is 12.6. The van der Waals surface area contributed by atoms with Crippen LogP contribution in [0.1, 0.15) is 52.4 Å². The maximum atomic E-state index is 3.56. The fourth-order valence-electron chi connectivity index (χ4n) is 4.33. The third kappa shape index (κ3) is 2.75. The highest BCUT2D eigenvalue weighted by Crippen LogP contribution is 2.40. The van der Waals surface area contributed by atoms with Crippen molar-refractivity contribution in [1.29, 1.82) is 0 Å². The Morgan fingerprint density at radius 3 is 2.56 bits per heavy atom. The van der Waals surface area contributed by atoms with Crippen LogP contribution in [0, 0.1) is 16.7 Å². The van der Waals surface area contributed by atoms with Crippen LogP contribution in [0.2, 0.25) is 0 Å². The third-order valence-electron chi connectivity index (χ3n) is 5.82. The summed E-state index contributed by atoms with van der Waals surface area (Å²) in [6.45, 7) is 11.5. The van der Waals surface area contributed by atoms with Gasteiger partial charge in [0.15, 0.2) is 0 Å². The molecule has 1 saturated carbocycles. The summed E-state index contributed by atoms with van der Waals surface area (Å²) in [4.78, 5) is 2.77. The molecule has 2 nitrogen and oxygen atoms in total. The van der Waals surface area contributed by atoms with Gasteiger partial charge in [0.1, 0.15) is 0 Å². The highest BCUT2D eigenvalue weighted by Gasteiger charge is 2.40. The lowest BCUT2D eigenvalue weighted by Gasteiger charge is -2.36. The van der Waals surface area contributed by atoms with Crippen LogP contribution in [0.15, 0.2) is 0 Å². The van der Waals surface area contributed by atoms with E-state index >= 15 is 0 Å². The first kappa shape index (κ1) is 12.9. The molecule has 1 atom stereocenters. The minimum absolute atomic E-state index is 0.623. The Morgan fingerprint density at radius 2 is 1.89 bits per heavy atom. The Labute approximate surface area is 113 Å². The van der Waals surface area contributed by atoms with Crippen LogP contribution in [0.5, 0.6) is 0 Å². The molecule has 1 N–H and O–H groups in total. The molecule has 0 bridgehead atoms. The zero-order valence-corrected chi connectivity index (χ0v) is 12.3. The van der Waals surface area contributed by atoms with Gasteiger partial charge in [-0.15, -0.1) is 0 Å². The van der Waals surface area contributed by atoms with E-state index in [0.29, 0.717) is 10.8 Å².